The molecule has 0 saturated carbocycles. The second-order valence-corrected chi connectivity index (χ2v) is 7.81. The van der Waals surface area contributed by atoms with Crippen LogP contribution in [0.5, 0.6) is 5.75 Å². The highest BCUT2D eigenvalue weighted by atomic mass is 16.5. The van der Waals surface area contributed by atoms with Crippen molar-refractivity contribution in [3.8, 4) is 5.75 Å². The van der Waals surface area contributed by atoms with E-state index in [9.17, 15) is 14.4 Å². The molecule has 2 atom stereocenters. The largest absolute Gasteiger partial charge is 0.492 e. The Balaban J connectivity index is 1.53. The summed E-state index contributed by atoms with van der Waals surface area (Å²) in [6.45, 7) is 3.00. The van der Waals surface area contributed by atoms with Crippen molar-refractivity contribution < 1.29 is 19.1 Å². The average Bonchev–Trinajstić information content (AvgIpc) is 2.81. The molecule has 1 aromatic carbocycles. The van der Waals surface area contributed by atoms with Gasteiger partial charge in [0.2, 0.25) is 11.8 Å². The number of anilines is 1. The number of nitrogens with zero attached hydrogens (tertiary/aromatic N) is 3. The molecular weight excluding hydrogens is 410 g/mol. The summed E-state index contributed by atoms with van der Waals surface area (Å²) in [6.07, 6.45) is 4.76. The van der Waals surface area contributed by atoms with Gasteiger partial charge in [0.25, 0.3) is 0 Å². The van der Waals surface area contributed by atoms with E-state index in [1.807, 2.05) is 19.1 Å². The third kappa shape index (κ3) is 4.57. The van der Waals surface area contributed by atoms with Crippen LogP contribution >= 0.6 is 0 Å². The molecule has 2 saturated heterocycles. The van der Waals surface area contributed by atoms with Crippen LogP contribution in [0.25, 0.3) is 0 Å². The molecule has 2 N–H and O–H groups in total. The molecule has 0 spiro atoms. The first kappa shape index (κ1) is 21.8. The summed E-state index contributed by atoms with van der Waals surface area (Å²) in [7, 11) is 0. The first-order valence-corrected chi connectivity index (χ1v) is 10.8. The molecule has 0 bridgehead atoms. The lowest BCUT2D eigenvalue weighted by atomic mass is 9.93. The third-order valence-electron chi connectivity index (χ3n) is 5.67. The van der Waals surface area contributed by atoms with Crippen LogP contribution in [0.3, 0.4) is 0 Å². The lowest BCUT2D eigenvalue weighted by Crippen LogP contribution is -2.70. The number of piperidine rings is 1. The van der Waals surface area contributed by atoms with Gasteiger partial charge in [0.1, 0.15) is 18.3 Å². The number of urea groups is 1. The van der Waals surface area contributed by atoms with E-state index in [-0.39, 0.29) is 30.9 Å². The number of aromatic nitrogens is 1. The first-order chi connectivity index (χ1) is 15.6. The van der Waals surface area contributed by atoms with E-state index in [2.05, 4.69) is 15.6 Å². The molecule has 0 aliphatic carbocycles. The Kier molecular flexibility index (Phi) is 6.65. The monoisotopic (exact) mass is 437 g/mol. The molecule has 4 rings (SSSR count). The average molecular weight is 438 g/mol. The van der Waals surface area contributed by atoms with Gasteiger partial charge >= 0.3 is 6.03 Å². The molecule has 2 aliphatic heterocycles. The SMILES string of the molecule is CCOc1ccccc1NC(=O)CN1C(=O)N(Cc2cccnc2)C(=O)C2NCCCC21. The van der Waals surface area contributed by atoms with Gasteiger partial charge in [-0.25, -0.2) is 4.79 Å². The molecular formula is C23H27N5O4. The van der Waals surface area contributed by atoms with Gasteiger partial charge < -0.3 is 20.3 Å². The normalized spacial score (nSPS) is 20.7. The van der Waals surface area contributed by atoms with Gasteiger partial charge in [0.15, 0.2) is 0 Å². The number of fused-ring (bicyclic) bond motifs is 1. The zero-order valence-corrected chi connectivity index (χ0v) is 18.0. The minimum atomic E-state index is -0.526. The number of ether oxygens (including phenoxy) is 1. The van der Waals surface area contributed by atoms with Gasteiger partial charge in [-0.05, 0) is 50.1 Å². The summed E-state index contributed by atoms with van der Waals surface area (Å²) in [4.78, 5) is 46.1. The highest BCUT2D eigenvalue weighted by Gasteiger charge is 2.47. The fourth-order valence-electron chi connectivity index (χ4n) is 4.22. The van der Waals surface area contributed by atoms with E-state index in [0.29, 0.717) is 31.0 Å². The van der Waals surface area contributed by atoms with E-state index < -0.39 is 12.1 Å². The van der Waals surface area contributed by atoms with E-state index in [0.717, 1.165) is 12.0 Å². The number of hydrogen-bond donors (Lipinski definition) is 2. The molecule has 168 valence electrons. The number of carbonyl (C=O) groups is 3. The highest BCUT2D eigenvalue weighted by molar-refractivity contribution is 6.03. The Morgan fingerprint density at radius 1 is 1.25 bits per heavy atom. The van der Waals surface area contributed by atoms with Crippen molar-refractivity contribution in [2.24, 2.45) is 0 Å². The van der Waals surface area contributed by atoms with E-state index in [4.69, 9.17) is 4.74 Å². The Labute approximate surface area is 186 Å². The van der Waals surface area contributed by atoms with Crippen LogP contribution in [-0.4, -0.2) is 64.4 Å². The number of pyridine rings is 1. The molecule has 9 nitrogen and oxygen atoms in total. The number of para-hydroxylation sites is 2. The van der Waals surface area contributed by atoms with Crippen molar-refractivity contribution in [3.05, 3.63) is 54.4 Å². The lowest BCUT2D eigenvalue weighted by molar-refractivity contribution is -0.138. The predicted octanol–water partition coefficient (Wildman–Crippen LogP) is 2.00. The Bertz CT molecular complexity index is 983. The summed E-state index contributed by atoms with van der Waals surface area (Å²) in [5, 5.41) is 6.08. The Morgan fingerprint density at radius 2 is 2.09 bits per heavy atom. The molecule has 0 radical (unpaired) electrons. The van der Waals surface area contributed by atoms with E-state index in [1.54, 1.807) is 36.7 Å². The Morgan fingerprint density at radius 3 is 2.88 bits per heavy atom. The summed E-state index contributed by atoms with van der Waals surface area (Å²) in [5.41, 5.74) is 1.30. The van der Waals surface area contributed by atoms with Crippen LogP contribution in [0.1, 0.15) is 25.3 Å². The van der Waals surface area contributed by atoms with Crippen LogP contribution in [0.2, 0.25) is 0 Å². The van der Waals surface area contributed by atoms with Crippen molar-refractivity contribution in [3.63, 3.8) is 0 Å². The van der Waals surface area contributed by atoms with E-state index >= 15 is 0 Å². The number of amides is 4. The van der Waals surface area contributed by atoms with Crippen molar-refractivity contribution in [2.75, 3.05) is 25.0 Å². The van der Waals surface area contributed by atoms with Crippen molar-refractivity contribution >= 4 is 23.5 Å². The highest BCUT2D eigenvalue weighted by Crippen LogP contribution is 2.27. The van der Waals surface area contributed by atoms with Gasteiger partial charge in [-0.15, -0.1) is 0 Å². The summed E-state index contributed by atoms with van der Waals surface area (Å²) < 4.78 is 5.57. The van der Waals surface area contributed by atoms with Crippen molar-refractivity contribution in [1.29, 1.82) is 0 Å². The maximum absolute atomic E-state index is 13.3. The second kappa shape index (κ2) is 9.78. The first-order valence-electron chi connectivity index (χ1n) is 10.8. The topological polar surface area (TPSA) is 104 Å². The van der Waals surface area contributed by atoms with Gasteiger partial charge in [-0.1, -0.05) is 18.2 Å². The third-order valence-corrected chi connectivity index (χ3v) is 5.67. The van der Waals surface area contributed by atoms with Crippen LogP contribution < -0.4 is 15.4 Å². The fraction of sp³-hybridized carbons (Fsp3) is 0.391. The Hall–Kier alpha value is -3.46. The standard InChI is InChI=1S/C23H27N5O4/c1-2-32-19-10-4-3-8-17(19)26-20(29)15-27-18-9-6-12-25-21(18)22(30)28(23(27)31)14-16-7-5-11-24-13-16/h3-5,7-8,10-11,13,18,21,25H,2,6,9,12,14-15H2,1H3,(H,26,29). The minimum absolute atomic E-state index is 0.113. The van der Waals surface area contributed by atoms with Crippen LogP contribution in [0.4, 0.5) is 10.5 Å². The number of carbonyl (C=O) groups excluding carboxylic acids is 3. The minimum Gasteiger partial charge on any atom is -0.492 e. The van der Waals surface area contributed by atoms with Gasteiger partial charge in [-0.3, -0.25) is 19.5 Å². The summed E-state index contributed by atoms with van der Waals surface area (Å²) in [5.74, 6) is -0.0358. The van der Waals surface area contributed by atoms with Crippen LogP contribution in [-0.2, 0) is 16.1 Å². The van der Waals surface area contributed by atoms with E-state index in [1.165, 1.54) is 9.80 Å². The molecule has 32 heavy (non-hydrogen) atoms. The van der Waals surface area contributed by atoms with Crippen LogP contribution in [0, 0.1) is 0 Å². The molecule has 2 unspecified atom stereocenters. The number of nitrogens with one attached hydrogen (secondary N) is 2. The second-order valence-electron chi connectivity index (χ2n) is 7.81. The predicted molar refractivity (Wildman–Crippen MR) is 118 cm³/mol. The molecule has 1 aromatic heterocycles. The zero-order valence-electron chi connectivity index (χ0n) is 18.0. The molecule has 2 aromatic rings. The lowest BCUT2D eigenvalue weighted by Gasteiger charge is -2.46. The molecule has 2 fully saturated rings. The fourth-order valence-corrected chi connectivity index (χ4v) is 4.22. The number of benzene rings is 1. The molecule has 9 heteroatoms. The van der Waals surface area contributed by atoms with Crippen molar-refractivity contribution in [1.82, 2.24) is 20.1 Å². The smallest absolute Gasteiger partial charge is 0.327 e. The molecule has 3 heterocycles. The number of hydrogen-bond acceptors (Lipinski definition) is 6. The van der Waals surface area contributed by atoms with Crippen molar-refractivity contribution in [2.45, 2.75) is 38.4 Å². The maximum atomic E-state index is 13.3. The molecule has 2 aliphatic rings. The zero-order chi connectivity index (χ0) is 22.5. The summed E-state index contributed by atoms with van der Waals surface area (Å²) >= 11 is 0. The maximum Gasteiger partial charge on any atom is 0.327 e. The van der Waals surface area contributed by atoms with Gasteiger partial charge in [0.05, 0.1) is 24.9 Å². The van der Waals surface area contributed by atoms with Gasteiger partial charge in [0, 0.05) is 12.4 Å². The van der Waals surface area contributed by atoms with Gasteiger partial charge in [-0.2, -0.15) is 0 Å². The quantitative estimate of drug-likeness (QED) is 0.687. The number of rotatable bonds is 7. The number of imide groups is 1. The van der Waals surface area contributed by atoms with Crippen LogP contribution in [0.15, 0.2) is 48.8 Å². The summed E-state index contributed by atoms with van der Waals surface area (Å²) in [6, 6.07) is 9.40. The molecule has 4 amide bonds.